The van der Waals surface area contributed by atoms with E-state index >= 15 is 0 Å². The van der Waals surface area contributed by atoms with E-state index in [1.165, 1.54) is 5.01 Å². The monoisotopic (exact) mass is 378 g/mol. The lowest BCUT2D eigenvalue weighted by Gasteiger charge is -2.19. The normalized spacial score (nSPS) is 13.6. The highest BCUT2D eigenvalue weighted by atomic mass is 16.2. The van der Waals surface area contributed by atoms with Crippen LogP contribution in [0.25, 0.3) is 0 Å². The van der Waals surface area contributed by atoms with Crippen LogP contribution in [0.2, 0.25) is 0 Å². The number of carbonyl (C=O) groups excluding carboxylic acids is 2. The summed E-state index contributed by atoms with van der Waals surface area (Å²) in [4.78, 5) is 26.6. The fraction of sp³-hybridized carbons (Fsp3) is 0.318. The fourth-order valence-corrected chi connectivity index (χ4v) is 3.27. The Balaban J connectivity index is 1.53. The lowest BCUT2D eigenvalue weighted by atomic mass is 10.1. The van der Waals surface area contributed by atoms with E-state index in [1.807, 2.05) is 62.4 Å². The van der Waals surface area contributed by atoms with Gasteiger partial charge >= 0.3 is 0 Å². The van der Waals surface area contributed by atoms with Crippen molar-refractivity contribution in [3.8, 4) is 0 Å². The van der Waals surface area contributed by atoms with Crippen LogP contribution in [0.1, 0.15) is 23.1 Å². The Kier molecular flexibility index (Phi) is 6.21. The SMILES string of the molecule is Cc1cccc(C)c1NC(=O)CN(C)CC(=O)N1CCC(c2ccccc2)=N1. The first-order valence-electron chi connectivity index (χ1n) is 9.42. The summed E-state index contributed by atoms with van der Waals surface area (Å²) in [7, 11) is 1.76. The van der Waals surface area contributed by atoms with Gasteiger partial charge in [0.25, 0.3) is 5.91 Å². The van der Waals surface area contributed by atoms with Crippen LogP contribution >= 0.6 is 0 Å². The van der Waals surface area contributed by atoms with Gasteiger partial charge in [0.05, 0.1) is 25.3 Å². The fourth-order valence-electron chi connectivity index (χ4n) is 3.27. The Labute approximate surface area is 165 Å². The minimum Gasteiger partial charge on any atom is -0.324 e. The van der Waals surface area contributed by atoms with Crippen molar-refractivity contribution in [3.63, 3.8) is 0 Å². The summed E-state index contributed by atoms with van der Waals surface area (Å²) in [6, 6.07) is 15.8. The minimum absolute atomic E-state index is 0.103. The van der Waals surface area contributed by atoms with Crippen LogP contribution in [0.15, 0.2) is 53.6 Å². The predicted octanol–water partition coefficient (Wildman–Crippen LogP) is 2.81. The first-order valence-corrected chi connectivity index (χ1v) is 9.42. The summed E-state index contributed by atoms with van der Waals surface area (Å²) in [6.07, 6.45) is 0.743. The highest BCUT2D eigenvalue weighted by molar-refractivity contribution is 6.02. The van der Waals surface area contributed by atoms with Gasteiger partial charge in [-0.15, -0.1) is 0 Å². The quantitative estimate of drug-likeness (QED) is 0.841. The molecule has 28 heavy (non-hydrogen) atoms. The van der Waals surface area contributed by atoms with E-state index < -0.39 is 0 Å². The number of aryl methyl sites for hydroxylation is 2. The highest BCUT2D eigenvalue weighted by Gasteiger charge is 2.23. The van der Waals surface area contributed by atoms with Gasteiger partial charge in [-0.25, -0.2) is 5.01 Å². The molecule has 0 atom stereocenters. The summed E-state index contributed by atoms with van der Waals surface area (Å²) in [5.41, 5.74) is 4.84. The van der Waals surface area contributed by atoms with Gasteiger partial charge < -0.3 is 5.32 Å². The van der Waals surface area contributed by atoms with Crippen molar-refractivity contribution in [3.05, 3.63) is 65.2 Å². The van der Waals surface area contributed by atoms with Crippen molar-refractivity contribution in [2.24, 2.45) is 5.10 Å². The molecule has 6 heteroatoms. The Bertz CT molecular complexity index is 872. The van der Waals surface area contributed by atoms with Crippen molar-refractivity contribution in [1.82, 2.24) is 9.91 Å². The summed E-state index contributed by atoms with van der Waals surface area (Å²) in [5, 5.41) is 8.90. The lowest BCUT2D eigenvalue weighted by Crippen LogP contribution is -2.38. The largest absolute Gasteiger partial charge is 0.324 e. The van der Waals surface area contributed by atoms with Crippen LogP contribution in [-0.2, 0) is 9.59 Å². The summed E-state index contributed by atoms with van der Waals surface area (Å²) in [6.45, 7) is 4.79. The Hall–Kier alpha value is -2.99. The second-order valence-corrected chi connectivity index (χ2v) is 7.17. The van der Waals surface area contributed by atoms with Gasteiger partial charge in [0, 0.05) is 12.1 Å². The third kappa shape index (κ3) is 4.84. The molecule has 0 aromatic heterocycles. The van der Waals surface area contributed by atoms with Crippen LogP contribution in [0.3, 0.4) is 0 Å². The first-order chi connectivity index (χ1) is 13.4. The number of anilines is 1. The minimum atomic E-state index is -0.136. The molecule has 0 spiro atoms. The molecule has 0 saturated heterocycles. The summed E-state index contributed by atoms with van der Waals surface area (Å²) < 4.78 is 0. The standard InChI is InChI=1S/C22H26N4O2/c1-16-8-7-9-17(2)22(16)23-20(27)14-25(3)15-21(28)26-13-12-19(24-26)18-10-5-4-6-11-18/h4-11H,12-15H2,1-3H3,(H,23,27). The Morgan fingerprint density at radius 1 is 1.04 bits per heavy atom. The van der Waals surface area contributed by atoms with Crippen LogP contribution in [0.4, 0.5) is 5.69 Å². The number of para-hydroxylation sites is 1. The Morgan fingerprint density at radius 2 is 1.71 bits per heavy atom. The molecule has 0 unspecified atom stereocenters. The maximum Gasteiger partial charge on any atom is 0.256 e. The van der Waals surface area contributed by atoms with Gasteiger partial charge in [-0.3, -0.25) is 14.5 Å². The molecular formula is C22H26N4O2. The zero-order chi connectivity index (χ0) is 20.1. The molecule has 0 saturated carbocycles. The van der Waals surface area contributed by atoms with Gasteiger partial charge in [0.1, 0.15) is 0 Å². The van der Waals surface area contributed by atoms with Crippen molar-refractivity contribution in [2.75, 3.05) is 32.0 Å². The van der Waals surface area contributed by atoms with Crippen molar-refractivity contribution >= 4 is 23.2 Å². The zero-order valence-corrected chi connectivity index (χ0v) is 16.6. The molecule has 0 bridgehead atoms. The van der Waals surface area contributed by atoms with E-state index in [1.54, 1.807) is 11.9 Å². The molecule has 0 fully saturated rings. The number of likely N-dealkylation sites (N-methyl/N-ethyl adjacent to an activating group) is 1. The van der Waals surface area contributed by atoms with Crippen molar-refractivity contribution < 1.29 is 9.59 Å². The molecular weight excluding hydrogens is 352 g/mol. The van der Waals surface area contributed by atoms with Gasteiger partial charge in [-0.05, 0) is 37.6 Å². The van der Waals surface area contributed by atoms with E-state index in [0.29, 0.717) is 6.54 Å². The number of rotatable bonds is 6. The lowest BCUT2D eigenvalue weighted by molar-refractivity contribution is -0.132. The maximum atomic E-state index is 12.5. The van der Waals surface area contributed by atoms with Gasteiger partial charge in [-0.2, -0.15) is 5.10 Å². The maximum absolute atomic E-state index is 12.5. The van der Waals surface area contributed by atoms with Crippen LogP contribution in [0.5, 0.6) is 0 Å². The molecule has 0 radical (unpaired) electrons. The number of hydrogen-bond donors (Lipinski definition) is 1. The second-order valence-electron chi connectivity index (χ2n) is 7.17. The second kappa shape index (κ2) is 8.80. The van der Waals surface area contributed by atoms with Crippen molar-refractivity contribution in [1.29, 1.82) is 0 Å². The Morgan fingerprint density at radius 3 is 2.39 bits per heavy atom. The molecule has 6 nitrogen and oxygen atoms in total. The molecule has 1 N–H and O–H groups in total. The van der Waals surface area contributed by atoms with Gasteiger partial charge in [0.15, 0.2) is 0 Å². The van der Waals surface area contributed by atoms with E-state index in [2.05, 4.69) is 10.4 Å². The van der Waals surface area contributed by atoms with Gasteiger partial charge in [0.2, 0.25) is 5.91 Å². The number of nitrogens with zero attached hydrogens (tertiary/aromatic N) is 3. The molecule has 1 aliphatic rings. The zero-order valence-electron chi connectivity index (χ0n) is 16.6. The molecule has 2 amide bonds. The topological polar surface area (TPSA) is 65.0 Å². The average molecular weight is 378 g/mol. The van der Waals surface area contributed by atoms with Crippen LogP contribution < -0.4 is 5.32 Å². The van der Waals surface area contributed by atoms with E-state index in [-0.39, 0.29) is 24.9 Å². The van der Waals surface area contributed by atoms with Crippen LogP contribution in [0, 0.1) is 13.8 Å². The van der Waals surface area contributed by atoms with E-state index in [0.717, 1.165) is 34.5 Å². The van der Waals surface area contributed by atoms with Crippen molar-refractivity contribution in [2.45, 2.75) is 20.3 Å². The van der Waals surface area contributed by atoms with E-state index in [9.17, 15) is 9.59 Å². The van der Waals surface area contributed by atoms with E-state index in [4.69, 9.17) is 0 Å². The molecule has 2 aromatic rings. The molecule has 1 heterocycles. The highest BCUT2D eigenvalue weighted by Crippen LogP contribution is 2.19. The predicted molar refractivity (Wildman–Crippen MR) is 111 cm³/mol. The first kappa shape index (κ1) is 19.8. The molecule has 3 rings (SSSR count). The van der Waals surface area contributed by atoms with Gasteiger partial charge in [-0.1, -0.05) is 48.5 Å². The smallest absolute Gasteiger partial charge is 0.256 e. The summed E-state index contributed by atoms with van der Waals surface area (Å²) >= 11 is 0. The molecule has 2 aromatic carbocycles. The number of nitrogens with one attached hydrogen (secondary N) is 1. The number of benzene rings is 2. The average Bonchev–Trinajstić information content (AvgIpc) is 3.16. The molecule has 146 valence electrons. The number of amides is 2. The van der Waals surface area contributed by atoms with Crippen LogP contribution in [-0.4, -0.2) is 54.1 Å². The third-order valence-electron chi connectivity index (χ3n) is 4.76. The molecule has 0 aliphatic carbocycles. The summed E-state index contributed by atoms with van der Waals surface area (Å²) in [5.74, 6) is -0.240. The number of hydrogen-bond acceptors (Lipinski definition) is 4. The molecule has 1 aliphatic heterocycles. The number of hydrazone groups is 1. The number of carbonyl (C=O) groups is 2. The third-order valence-corrected chi connectivity index (χ3v) is 4.76.